The first-order valence-electron chi connectivity index (χ1n) is 3.42. The Morgan fingerprint density at radius 3 is 2.83 bits per heavy atom. The molecule has 0 aliphatic heterocycles. The first kappa shape index (κ1) is 10.0. The molecule has 0 radical (unpaired) electrons. The van der Waals surface area contributed by atoms with Gasteiger partial charge in [0.2, 0.25) is 0 Å². The summed E-state index contributed by atoms with van der Waals surface area (Å²) in [6.45, 7) is 0. The quantitative estimate of drug-likeness (QED) is 0.682. The van der Waals surface area contributed by atoms with Gasteiger partial charge in [0.05, 0.1) is 12.8 Å². The van der Waals surface area contributed by atoms with E-state index in [-0.39, 0.29) is 0 Å². The van der Waals surface area contributed by atoms with Gasteiger partial charge in [-0.15, -0.1) is 0 Å². The molecule has 12 heavy (non-hydrogen) atoms. The maximum atomic E-state index is 4.83. The van der Waals surface area contributed by atoms with Crippen molar-refractivity contribution in [2.75, 3.05) is 12.6 Å². The number of halogens is 2. The topological polar surface area (TPSA) is 21.3 Å². The van der Waals surface area contributed by atoms with E-state index in [4.69, 9.17) is 4.84 Å². The molecule has 0 aliphatic rings. The largest absolute Gasteiger partial charge is 0.279 e. The summed E-state index contributed by atoms with van der Waals surface area (Å²) < 4.78 is 1.07. The summed E-state index contributed by atoms with van der Waals surface area (Å²) in [5, 5.41) is 0.792. The highest BCUT2D eigenvalue weighted by atomic mass is 79.9. The molecule has 1 aromatic rings. The average Bonchev–Trinajstić information content (AvgIpc) is 2.05. The fourth-order valence-corrected chi connectivity index (χ4v) is 2.39. The Morgan fingerprint density at radius 2 is 2.25 bits per heavy atom. The van der Waals surface area contributed by atoms with E-state index >= 15 is 0 Å². The summed E-state index contributed by atoms with van der Waals surface area (Å²) >= 11 is 6.86. The number of benzene rings is 1. The molecule has 0 saturated carbocycles. The van der Waals surface area contributed by atoms with Gasteiger partial charge >= 0.3 is 0 Å². The van der Waals surface area contributed by atoms with Gasteiger partial charge in [0.15, 0.2) is 0 Å². The summed E-state index contributed by atoms with van der Waals surface area (Å²) in [5.74, 6) is 0. The second kappa shape index (κ2) is 4.84. The average molecular weight is 295 g/mol. The van der Waals surface area contributed by atoms with Crippen molar-refractivity contribution in [3.63, 3.8) is 0 Å². The van der Waals surface area contributed by atoms with Gasteiger partial charge in [-0.05, 0) is 12.1 Å². The normalized spacial score (nSPS) is 9.92. The predicted octanol–water partition coefficient (Wildman–Crippen LogP) is 3.32. The van der Waals surface area contributed by atoms with Crippen molar-refractivity contribution in [3.8, 4) is 0 Å². The minimum absolute atomic E-state index is 0.792. The third-order valence-corrected chi connectivity index (χ3v) is 2.77. The van der Waals surface area contributed by atoms with Gasteiger partial charge in [0.25, 0.3) is 0 Å². The van der Waals surface area contributed by atoms with Gasteiger partial charge in [-0.1, -0.05) is 37.9 Å². The van der Waals surface area contributed by atoms with Crippen LogP contribution in [-0.2, 0) is 10.2 Å². The zero-order valence-electron chi connectivity index (χ0n) is 6.60. The van der Waals surface area contributed by atoms with Crippen molar-refractivity contribution in [3.05, 3.63) is 28.2 Å². The Bertz CT molecular complexity index is 265. The maximum absolute atomic E-state index is 4.83. The molecule has 0 aromatic heterocycles. The summed E-state index contributed by atoms with van der Waals surface area (Å²) in [4.78, 5) is 4.83. The fourth-order valence-electron chi connectivity index (χ4n) is 0.900. The van der Waals surface area contributed by atoms with Crippen molar-refractivity contribution in [1.82, 2.24) is 0 Å². The lowest BCUT2D eigenvalue weighted by molar-refractivity contribution is 0.270. The SMILES string of the molecule is CONc1cccc(Br)c1CBr. The number of rotatable bonds is 3. The molecule has 4 heteroatoms. The van der Waals surface area contributed by atoms with E-state index in [2.05, 4.69) is 37.3 Å². The van der Waals surface area contributed by atoms with Crippen molar-refractivity contribution < 1.29 is 4.84 Å². The van der Waals surface area contributed by atoms with Crippen molar-refractivity contribution in [2.24, 2.45) is 0 Å². The van der Waals surface area contributed by atoms with Gasteiger partial charge in [-0.2, -0.15) is 0 Å². The highest BCUT2D eigenvalue weighted by Crippen LogP contribution is 2.26. The lowest BCUT2D eigenvalue weighted by Crippen LogP contribution is -1.99. The van der Waals surface area contributed by atoms with E-state index in [1.165, 1.54) is 0 Å². The summed E-state index contributed by atoms with van der Waals surface area (Å²) in [6.07, 6.45) is 0. The number of hydrogen-bond donors (Lipinski definition) is 1. The van der Waals surface area contributed by atoms with Gasteiger partial charge in [0, 0.05) is 15.4 Å². The van der Waals surface area contributed by atoms with Crippen molar-refractivity contribution in [1.29, 1.82) is 0 Å². The van der Waals surface area contributed by atoms with Gasteiger partial charge in [-0.25, -0.2) is 0 Å². The van der Waals surface area contributed by atoms with Crippen LogP contribution in [0.2, 0.25) is 0 Å². The number of alkyl halides is 1. The first-order valence-corrected chi connectivity index (χ1v) is 5.33. The Labute approximate surface area is 88.5 Å². The Hall–Kier alpha value is -0.0600. The molecule has 1 rings (SSSR count). The van der Waals surface area contributed by atoms with Gasteiger partial charge in [0.1, 0.15) is 0 Å². The standard InChI is InChI=1S/C8H9Br2NO/c1-12-11-8-4-2-3-7(10)6(8)5-9/h2-4,11H,5H2,1H3. The molecule has 0 bridgehead atoms. The molecular weight excluding hydrogens is 286 g/mol. The van der Waals surface area contributed by atoms with Crippen LogP contribution in [0.25, 0.3) is 0 Å². The van der Waals surface area contributed by atoms with E-state index in [9.17, 15) is 0 Å². The number of hydrogen-bond acceptors (Lipinski definition) is 2. The van der Waals surface area contributed by atoms with E-state index in [1.54, 1.807) is 7.11 Å². The van der Waals surface area contributed by atoms with E-state index in [0.29, 0.717) is 0 Å². The van der Waals surface area contributed by atoms with Crippen LogP contribution in [0.15, 0.2) is 22.7 Å². The fraction of sp³-hybridized carbons (Fsp3) is 0.250. The molecule has 0 spiro atoms. The molecule has 66 valence electrons. The zero-order chi connectivity index (χ0) is 8.97. The third kappa shape index (κ3) is 2.21. The van der Waals surface area contributed by atoms with Crippen LogP contribution in [0.4, 0.5) is 5.69 Å². The molecule has 0 saturated heterocycles. The summed E-state index contributed by atoms with van der Waals surface area (Å²) in [7, 11) is 1.60. The Balaban J connectivity index is 3.00. The van der Waals surface area contributed by atoms with Crippen LogP contribution in [-0.4, -0.2) is 7.11 Å². The molecule has 1 aromatic carbocycles. The molecule has 1 N–H and O–H groups in total. The summed E-state index contributed by atoms with van der Waals surface area (Å²) in [5.41, 5.74) is 4.94. The van der Waals surface area contributed by atoms with E-state index < -0.39 is 0 Å². The molecule has 0 atom stereocenters. The van der Waals surface area contributed by atoms with Crippen LogP contribution in [0, 0.1) is 0 Å². The highest BCUT2D eigenvalue weighted by molar-refractivity contribution is 9.10. The van der Waals surface area contributed by atoms with Gasteiger partial charge in [-0.3, -0.25) is 10.3 Å². The van der Waals surface area contributed by atoms with Gasteiger partial charge < -0.3 is 0 Å². The molecule has 0 heterocycles. The zero-order valence-corrected chi connectivity index (χ0v) is 9.78. The highest BCUT2D eigenvalue weighted by Gasteiger charge is 2.03. The second-order valence-corrected chi connectivity index (χ2v) is 3.62. The minimum atomic E-state index is 0.792. The molecule has 0 fully saturated rings. The van der Waals surface area contributed by atoms with Crippen molar-refractivity contribution >= 4 is 37.5 Å². The maximum Gasteiger partial charge on any atom is 0.0656 e. The third-order valence-electron chi connectivity index (χ3n) is 1.46. The van der Waals surface area contributed by atoms with Crippen LogP contribution in [0.3, 0.4) is 0 Å². The minimum Gasteiger partial charge on any atom is -0.279 e. The van der Waals surface area contributed by atoms with Crippen LogP contribution in [0.1, 0.15) is 5.56 Å². The molecule has 0 amide bonds. The van der Waals surface area contributed by atoms with Crippen LogP contribution < -0.4 is 5.48 Å². The Kier molecular flexibility index (Phi) is 4.05. The Morgan fingerprint density at radius 1 is 1.50 bits per heavy atom. The van der Waals surface area contributed by atoms with Crippen molar-refractivity contribution in [2.45, 2.75) is 5.33 Å². The van der Waals surface area contributed by atoms with E-state index in [1.807, 2.05) is 18.2 Å². The molecule has 2 nitrogen and oxygen atoms in total. The number of nitrogens with one attached hydrogen (secondary N) is 1. The van der Waals surface area contributed by atoms with Crippen LogP contribution >= 0.6 is 31.9 Å². The summed E-state index contributed by atoms with van der Waals surface area (Å²) in [6, 6.07) is 5.92. The van der Waals surface area contributed by atoms with E-state index in [0.717, 1.165) is 21.1 Å². The first-order chi connectivity index (χ1) is 5.79. The lowest BCUT2D eigenvalue weighted by atomic mass is 10.2. The monoisotopic (exact) mass is 293 g/mol. The predicted molar refractivity (Wildman–Crippen MR) is 57.4 cm³/mol. The smallest absolute Gasteiger partial charge is 0.0656 e. The molecule has 0 aliphatic carbocycles. The molecular formula is C8H9Br2NO. The van der Waals surface area contributed by atoms with Crippen LogP contribution in [0.5, 0.6) is 0 Å². The lowest BCUT2D eigenvalue weighted by Gasteiger charge is -2.09. The number of anilines is 1. The molecule has 0 unspecified atom stereocenters. The second-order valence-electron chi connectivity index (χ2n) is 2.21.